The lowest BCUT2D eigenvalue weighted by Crippen LogP contribution is -2.48. The molecule has 0 bridgehead atoms. The maximum Gasteiger partial charge on any atom is 0.244 e. The molecule has 3 aromatic rings. The molecule has 6 nitrogen and oxygen atoms in total. The molecule has 0 aliphatic carbocycles. The van der Waals surface area contributed by atoms with Crippen molar-refractivity contribution < 1.29 is 17.5 Å². The number of hydrogen-bond acceptors (Lipinski definition) is 6. The first-order chi connectivity index (χ1) is 16.0. The van der Waals surface area contributed by atoms with E-state index in [1.807, 2.05) is 18.2 Å². The predicted molar refractivity (Wildman–Crippen MR) is 127 cm³/mol. The SMILES string of the molecule is COc1ccc(CSc2ccc(S(=O)(=O)N3CCN(Cc4ccccc4)CC3)cn2)cc1F. The summed E-state index contributed by atoms with van der Waals surface area (Å²) in [6.45, 7) is 3.10. The van der Waals surface area contributed by atoms with Gasteiger partial charge in [-0.1, -0.05) is 36.4 Å². The number of benzene rings is 2. The minimum absolute atomic E-state index is 0.193. The number of hydrogen-bond donors (Lipinski definition) is 0. The molecule has 0 amide bonds. The molecule has 1 aliphatic heterocycles. The lowest BCUT2D eigenvalue weighted by Gasteiger charge is -2.33. The largest absolute Gasteiger partial charge is 0.494 e. The average molecular weight is 488 g/mol. The first-order valence-corrected chi connectivity index (χ1v) is 13.1. The van der Waals surface area contributed by atoms with E-state index in [0.717, 1.165) is 12.1 Å². The van der Waals surface area contributed by atoms with Gasteiger partial charge < -0.3 is 4.74 Å². The van der Waals surface area contributed by atoms with Gasteiger partial charge in [-0.05, 0) is 35.4 Å². The quantitative estimate of drug-likeness (QED) is 0.447. The van der Waals surface area contributed by atoms with Crippen LogP contribution in [0.25, 0.3) is 0 Å². The highest BCUT2D eigenvalue weighted by Crippen LogP contribution is 2.26. The van der Waals surface area contributed by atoms with E-state index < -0.39 is 15.8 Å². The first-order valence-electron chi connectivity index (χ1n) is 10.6. The molecule has 33 heavy (non-hydrogen) atoms. The summed E-state index contributed by atoms with van der Waals surface area (Å²) < 4.78 is 46.4. The fraction of sp³-hybridized carbons (Fsp3) is 0.292. The lowest BCUT2D eigenvalue weighted by atomic mass is 10.2. The van der Waals surface area contributed by atoms with Crippen molar-refractivity contribution in [3.63, 3.8) is 0 Å². The molecule has 1 aliphatic rings. The van der Waals surface area contributed by atoms with Gasteiger partial charge in [-0.2, -0.15) is 4.31 Å². The van der Waals surface area contributed by atoms with E-state index in [2.05, 4.69) is 22.0 Å². The number of ether oxygens (including phenoxy) is 1. The van der Waals surface area contributed by atoms with Crippen LogP contribution < -0.4 is 4.74 Å². The second-order valence-corrected chi connectivity index (χ2v) is 10.7. The second-order valence-electron chi connectivity index (χ2n) is 7.76. The van der Waals surface area contributed by atoms with Gasteiger partial charge in [0.05, 0.1) is 12.1 Å². The zero-order chi connectivity index (χ0) is 23.3. The summed E-state index contributed by atoms with van der Waals surface area (Å²) >= 11 is 1.42. The van der Waals surface area contributed by atoms with Crippen molar-refractivity contribution in [3.05, 3.63) is 83.8 Å². The van der Waals surface area contributed by atoms with Crippen LogP contribution in [0.4, 0.5) is 4.39 Å². The highest BCUT2D eigenvalue weighted by Gasteiger charge is 2.28. The molecule has 174 valence electrons. The molecule has 0 saturated carbocycles. The summed E-state index contributed by atoms with van der Waals surface area (Å²) in [5, 5.41) is 0.679. The fourth-order valence-electron chi connectivity index (χ4n) is 3.68. The van der Waals surface area contributed by atoms with Crippen LogP contribution in [0, 0.1) is 5.82 Å². The van der Waals surface area contributed by atoms with Gasteiger partial charge in [0.25, 0.3) is 0 Å². The van der Waals surface area contributed by atoms with E-state index in [1.165, 1.54) is 41.0 Å². The van der Waals surface area contributed by atoms with E-state index >= 15 is 0 Å². The molecule has 2 aromatic carbocycles. The van der Waals surface area contributed by atoms with E-state index in [4.69, 9.17) is 4.74 Å². The summed E-state index contributed by atoms with van der Waals surface area (Å²) in [5.74, 6) is 0.315. The molecule has 1 saturated heterocycles. The van der Waals surface area contributed by atoms with Gasteiger partial charge in [0.15, 0.2) is 11.6 Å². The van der Waals surface area contributed by atoms with Gasteiger partial charge >= 0.3 is 0 Å². The first kappa shape index (κ1) is 23.7. The summed E-state index contributed by atoms with van der Waals surface area (Å²) in [6, 6.07) is 18.3. The van der Waals surface area contributed by atoms with E-state index in [9.17, 15) is 12.8 Å². The molecule has 0 N–H and O–H groups in total. The smallest absolute Gasteiger partial charge is 0.244 e. The van der Waals surface area contributed by atoms with Gasteiger partial charge in [-0.25, -0.2) is 17.8 Å². The summed E-state index contributed by atoms with van der Waals surface area (Å²) in [6.07, 6.45) is 1.41. The number of thioether (sulfide) groups is 1. The third-order valence-corrected chi connectivity index (χ3v) is 8.43. The Balaban J connectivity index is 1.32. The molecule has 0 spiro atoms. The summed E-state index contributed by atoms with van der Waals surface area (Å²) in [7, 11) is -2.16. The van der Waals surface area contributed by atoms with Crippen molar-refractivity contribution in [2.75, 3.05) is 33.3 Å². The molecule has 0 unspecified atom stereocenters. The lowest BCUT2D eigenvalue weighted by molar-refractivity contribution is 0.181. The molecular weight excluding hydrogens is 461 g/mol. The molecule has 2 heterocycles. The number of halogens is 1. The number of aromatic nitrogens is 1. The molecule has 0 atom stereocenters. The van der Waals surface area contributed by atoms with Gasteiger partial charge in [0.1, 0.15) is 4.90 Å². The Kier molecular flexibility index (Phi) is 7.64. The number of piperazine rings is 1. The van der Waals surface area contributed by atoms with Gasteiger partial charge in [-0.15, -0.1) is 11.8 Å². The van der Waals surface area contributed by atoms with Crippen LogP contribution in [-0.2, 0) is 22.3 Å². The van der Waals surface area contributed by atoms with Crippen molar-refractivity contribution in [1.29, 1.82) is 0 Å². The molecule has 4 rings (SSSR count). The summed E-state index contributed by atoms with van der Waals surface area (Å²) in [5.41, 5.74) is 2.02. The van der Waals surface area contributed by atoms with Crippen molar-refractivity contribution in [2.24, 2.45) is 0 Å². The van der Waals surface area contributed by atoms with Crippen LogP contribution in [-0.4, -0.2) is 55.9 Å². The van der Waals surface area contributed by atoms with Crippen LogP contribution in [0.5, 0.6) is 5.75 Å². The summed E-state index contributed by atoms with van der Waals surface area (Å²) in [4.78, 5) is 6.77. The minimum atomic E-state index is -3.58. The normalized spacial score (nSPS) is 15.5. The highest BCUT2D eigenvalue weighted by molar-refractivity contribution is 7.98. The van der Waals surface area contributed by atoms with Crippen LogP contribution in [0.1, 0.15) is 11.1 Å². The van der Waals surface area contributed by atoms with Crippen molar-refractivity contribution in [1.82, 2.24) is 14.2 Å². The Morgan fingerprint density at radius 2 is 1.76 bits per heavy atom. The fourth-order valence-corrected chi connectivity index (χ4v) is 5.83. The Morgan fingerprint density at radius 3 is 2.39 bits per heavy atom. The minimum Gasteiger partial charge on any atom is -0.494 e. The number of methoxy groups -OCH3 is 1. The molecular formula is C24H26FN3O3S2. The van der Waals surface area contributed by atoms with E-state index in [1.54, 1.807) is 24.3 Å². The van der Waals surface area contributed by atoms with E-state index in [0.29, 0.717) is 37.0 Å². The van der Waals surface area contributed by atoms with Gasteiger partial charge in [0.2, 0.25) is 10.0 Å². The third-order valence-electron chi connectivity index (χ3n) is 5.53. The second kappa shape index (κ2) is 10.6. The monoisotopic (exact) mass is 487 g/mol. The number of nitrogens with zero attached hydrogens (tertiary/aromatic N) is 3. The van der Waals surface area contributed by atoms with Crippen LogP contribution in [0.2, 0.25) is 0 Å². The number of sulfonamides is 1. The highest BCUT2D eigenvalue weighted by atomic mass is 32.2. The number of rotatable bonds is 8. The van der Waals surface area contributed by atoms with Gasteiger partial charge in [0, 0.05) is 44.7 Å². The zero-order valence-corrected chi connectivity index (χ0v) is 20.0. The maximum atomic E-state index is 13.8. The van der Waals surface area contributed by atoms with Crippen molar-refractivity contribution in [2.45, 2.75) is 22.2 Å². The van der Waals surface area contributed by atoms with E-state index in [-0.39, 0.29) is 10.6 Å². The Morgan fingerprint density at radius 1 is 1.00 bits per heavy atom. The maximum absolute atomic E-state index is 13.8. The third kappa shape index (κ3) is 5.92. The number of pyridine rings is 1. The molecule has 1 fully saturated rings. The standard InChI is InChI=1S/C24H26FN3O3S2/c1-31-23-9-7-20(15-22(23)25)18-32-24-10-8-21(16-26-24)33(29,30)28-13-11-27(12-14-28)17-19-5-3-2-4-6-19/h2-10,15-16H,11-14,17-18H2,1H3. The average Bonchev–Trinajstić information content (AvgIpc) is 2.84. The Labute approximate surface area is 198 Å². The van der Waals surface area contributed by atoms with Crippen LogP contribution in [0.15, 0.2) is 76.8 Å². The topological polar surface area (TPSA) is 62.7 Å². The molecule has 0 radical (unpaired) electrons. The van der Waals surface area contributed by atoms with Crippen LogP contribution in [0.3, 0.4) is 0 Å². The molecule has 1 aromatic heterocycles. The van der Waals surface area contributed by atoms with Crippen LogP contribution >= 0.6 is 11.8 Å². The molecule has 9 heteroatoms. The van der Waals surface area contributed by atoms with Crippen molar-refractivity contribution >= 4 is 21.8 Å². The predicted octanol–water partition coefficient (Wildman–Crippen LogP) is 4.03. The Hall–Kier alpha value is -2.46. The van der Waals surface area contributed by atoms with Gasteiger partial charge in [-0.3, -0.25) is 4.90 Å². The van der Waals surface area contributed by atoms with Crippen molar-refractivity contribution in [3.8, 4) is 5.75 Å². The Bertz CT molecular complexity index is 1170. The zero-order valence-electron chi connectivity index (χ0n) is 18.4.